The fourth-order valence-corrected chi connectivity index (χ4v) is 11.1. The summed E-state index contributed by atoms with van der Waals surface area (Å²) in [4.78, 5) is 0. The van der Waals surface area contributed by atoms with Crippen LogP contribution in [-0.4, -0.2) is 34.3 Å². The Morgan fingerprint density at radius 3 is 2.00 bits per heavy atom. The van der Waals surface area contributed by atoms with Gasteiger partial charge in [0.15, 0.2) is 8.32 Å². The van der Waals surface area contributed by atoms with Crippen molar-refractivity contribution >= 4 is 15.0 Å². The fourth-order valence-electron chi connectivity index (χ4n) is 8.04. The van der Waals surface area contributed by atoms with Crippen molar-refractivity contribution in [1.29, 1.82) is 0 Å². The number of ether oxygens (including phenoxy) is 2. The van der Waals surface area contributed by atoms with Gasteiger partial charge < -0.3 is 13.9 Å². The van der Waals surface area contributed by atoms with Crippen LogP contribution in [0.3, 0.4) is 0 Å². The molecule has 2 fully saturated rings. The van der Waals surface area contributed by atoms with Gasteiger partial charge in [0, 0.05) is 5.92 Å². The van der Waals surface area contributed by atoms with E-state index in [1.807, 2.05) is 18.2 Å². The molecule has 2 bridgehead atoms. The lowest BCUT2D eigenvalue weighted by Gasteiger charge is -2.45. The van der Waals surface area contributed by atoms with Crippen LogP contribution >= 0.6 is 0 Å². The molecule has 0 aromatic heterocycles. The molecule has 2 heterocycles. The number of hydrogen-bond donors (Lipinski definition) is 0. The number of methoxy groups -OCH3 is 1. The maximum Gasteiger partial charge on any atom is 0.192 e. The first-order chi connectivity index (χ1) is 19.3. The van der Waals surface area contributed by atoms with Crippen molar-refractivity contribution in [3.8, 4) is 5.75 Å². The summed E-state index contributed by atoms with van der Waals surface area (Å²) in [6, 6.07) is 11.9. The second-order valence-corrected chi connectivity index (χ2v) is 17.8. The highest BCUT2D eigenvalue weighted by molar-refractivity contribution is 6.73. The highest BCUT2D eigenvalue weighted by Crippen LogP contribution is 2.49. The first-order valence-electron chi connectivity index (χ1n) is 16.5. The normalized spacial score (nSPS) is 23.4. The molecule has 40 heavy (non-hydrogen) atoms. The molecular formula is C35H59BO3Si. The summed E-state index contributed by atoms with van der Waals surface area (Å²) >= 11 is 0. The molecular weight excluding hydrogens is 507 g/mol. The summed E-state index contributed by atoms with van der Waals surface area (Å²) in [7, 11) is -0.0915. The largest absolute Gasteiger partial charge is 0.497 e. The van der Waals surface area contributed by atoms with E-state index < -0.39 is 8.32 Å². The van der Waals surface area contributed by atoms with E-state index in [9.17, 15) is 0 Å². The smallest absolute Gasteiger partial charge is 0.192 e. The zero-order chi connectivity index (χ0) is 29.1. The van der Waals surface area contributed by atoms with Gasteiger partial charge in [-0.1, -0.05) is 135 Å². The van der Waals surface area contributed by atoms with Crippen LogP contribution in [0.25, 0.3) is 0 Å². The second-order valence-electron chi connectivity index (χ2n) is 13.0. The summed E-state index contributed by atoms with van der Waals surface area (Å²) in [5, 5.41) is 0. The van der Waals surface area contributed by atoms with Gasteiger partial charge in [-0.25, -0.2) is 0 Å². The molecule has 0 saturated carbocycles. The maximum atomic E-state index is 7.34. The third kappa shape index (κ3) is 8.61. The van der Waals surface area contributed by atoms with Crippen LogP contribution in [0.5, 0.6) is 5.75 Å². The third-order valence-electron chi connectivity index (χ3n) is 10.7. The van der Waals surface area contributed by atoms with E-state index in [1.165, 1.54) is 68.5 Å². The standard InChI is InChI=1S/C35H59BO3Si/c1-9-13-16-27(5)35(39-40(10-2,11-3)12-4)29(7)34(38-26-30-21-23-33(37-8)24-22-30)28(6)25-36-31-17-14-18-32(36)20-15-19-31/h9,13,16,21-24,27-29,31-32,34-35H,1,10-12,14-15,17-20,25-26H2,2-8H3/b16-13-/t27-,28-,29-,31?,32?,34+,35-/m0/s1. The van der Waals surface area contributed by atoms with Crippen LogP contribution in [0.4, 0.5) is 0 Å². The molecule has 0 radical (unpaired) electrons. The Morgan fingerprint density at radius 1 is 0.925 bits per heavy atom. The fraction of sp³-hybridized carbons (Fsp3) is 0.714. The predicted molar refractivity (Wildman–Crippen MR) is 176 cm³/mol. The topological polar surface area (TPSA) is 27.7 Å². The van der Waals surface area contributed by atoms with Gasteiger partial charge >= 0.3 is 0 Å². The summed E-state index contributed by atoms with van der Waals surface area (Å²) in [5.41, 5.74) is 1.20. The van der Waals surface area contributed by atoms with Crippen LogP contribution in [-0.2, 0) is 15.8 Å². The highest BCUT2D eigenvalue weighted by Gasteiger charge is 2.43. The number of fused-ring (bicyclic) bond motifs is 2. The van der Waals surface area contributed by atoms with Gasteiger partial charge in [-0.2, -0.15) is 0 Å². The van der Waals surface area contributed by atoms with Gasteiger partial charge in [-0.05, 0) is 47.7 Å². The Kier molecular flexibility index (Phi) is 13.6. The van der Waals surface area contributed by atoms with Crippen LogP contribution in [0.15, 0.2) is 49.1 Å². The Morgan fingerprint density at radius 2 is 1.50 bits per heavy atom. The number of benzene rings is 1. The van der Waals surface area contributed by atoms with E-state index >= 15 is 0 Å². The van der Waals surface area contributed by atoms with Crippen LogP contribution in [0, 0.1) is 17.8 Å². The zero-order valence-corrected chi connectivity index (χ0v) is 27.9. The van der Waals surface area contributed by atoms with Gasteiger partial charge in [-0.3, -0.25) is 0 Å². The van der Waals surface area contributed by atoms with Crippen molar-refractivity contribution in [2.24, 2.45) is 17.8 Å². The van der Waals surface area contributed by atoms with Crippen molar-refractivity contribution in [3.05, 3.63) is 54.6 Å². The first-order valence-corrected chi connectivity index (χ1v) is 19.1. The number of hydrogen-bond acceptors (Lipinski definition) is 3. The Labute approximate surface area is 248 Å². The average molecular weight is 567 g/mol. The minimum atomic E-state index is -1.81. The first kappa shape index (κ1) is 33.2. The number of rotatable bonds is 17. The van der Waals surface area contributed by atoms with Crippen molar-refractivity contribution < 1.29 is 13.9 Å². The van der Waals surface area contributed by atoms with E-state index in [0.717, 1.165) is 24.1 Å². The predicted octanol–water partition coefficient (Wildman–Crippen LogP) is 10.2. The van der Waals surface area contributed by atoms with Crippen molar-refractivity contribution in [3.63, 3.8) is 0 Å². The molecule has 3 nitrogen and oxygen atoms in total. The Bertz CT molecular complexity index is 868. The van der Waals surface area contributed by atoms with E-state index in [-0.39, 0.29) is 18.1 Å². The van der Waals surface area contributed by atoms with Crippen molar-refractivity contribution in [2.75, 3.05) is 7.11 Å². The molecule has 2 aliphatic heterocycles. The summed E-state index contributed by atoms with van der Waals surface area (Å²) in [6.07, 6.45) is 16.5. The van der Waals surface area contributed by atoms with E-state index in [1.54, 1.807) is 7.11 Å². The molecule has 0 N–H and O–H groups in total. The van der Waals surface area contributed by atoms with Crippen molar-refractivity contribution in [1.82, 2.24) is 0 Å². The van der Waals surface area contributed by atoms with Crippen LogP contribution in [0.2, 0.25) is 36.1 Å². The van der Waals surface area contributed by atoms with Gasteiger partial charge in [0.25, 0.3) is 0 Å². The molecule has 0 amide bonds. The lowest BCUT2D eigenvalue weighted by Crippen LogP contribution is -2.49. The summed E-state index contributed by atoms with van der Waals surface area (Å²) in [6.45, 7) is 19.7. The molecule has 2 saturated heterocycles. The quantitative estimate of drug-likeness (QED) is 0.139. The van der Waals surface area contributed by atoms with Crippen LogP contribution in [0.1, 0.15) is 85.6 Å². The van der Waals surface area contributed by atoms with E-state index in [4.69, 9.17) is 13.9 Å². The van der Waals surface area contributed by atoms with Crippen LogP contribution < -0.4 is 4.74 Å². The minimum absolute atomic E-state index is 0.136. The Balaban J connectivity index is 1.89. The van der Waals surface area contributed by atoms with E-state index in [2.05, 4.69) is 72.4 Å². The summed E-state index contributed by atoms with van der Waals surface area (Å²) in [5.74, 6) is 3.82. The SMILES string of the molecule is C=C/C=C\[C@H](C)[C@H](O[Si](CC)(CC)CC)[C@@H](C)[C@H](OCc1ccc(OC)cc1)[C@@H](C)CB1C2CCCC1CCC2. The monoisotopic (exact) mass is 566 g/mol. The molecule has 3 rings (SSSR count). The molecule has 1 aromatic rings. The lowest BCUT2D eigenvalue weighted by atomic mass is 9.25. The molecule has 0 aliphatic carbocycles. The van der Waals surface area contributed by atoms with Crippen molar-refractivity contribution in [2.45, 2.75) is 135 Å². The highest BCUT2D eigenvalue weighted by atomic mass is 28.4. The molecule has 0 unspecified atom stereocenters. The average Bonchev–Trinajstić information content (AvgIpc) is 2.97. The zero-order valence-electron chi connectivity index (χ0n) is 26.9. The number of allylic oxidation sites excluding steroid dienone is 2. The lowest BCUT2D eigenvalue weighted by molar-refractivity contribution is -0.0651. The summed E-state index contributed by atoms with van der Waals surface area (Å²) < 4.78 is 19.7. The minimum Gasteiger partial charge on any atom is -0.497 e. The van der Waals surface area contributed by atoms with Gasteiger partial charge in [0.1, 0.15) is 12.5 Å². The van der Waals surface area contributed by atoms with Gasteiger partial charge in [-0.15, -0.1) is 0 Å². The molecule has 1 aromatic carbocycles. The third-order valence-corrected chi connectivity index (χ3v) is 15.4. The Hall–Kier alpha value is -1.30. The van der Waals surface area contributed by atoms with E-state index in [0.29, 0.717) is 18.4 Å². The second kappa shape index (κ2) is 16.4. The molecule has 0 spiro atoms. The molecule has 2 aliphatic rings. The molecule has 224 valence electrons. The maximum absolute atomic E-state index is 7.34. The molecule has 5 atom stereocenters. The van der Waals surface area contributed by atoms with Gasteiger partial charge in [0.05, 0.1) is 25.9 Å². The van der Waals surface area contributed by atoms with Gasteiger partial charge in [0.2, 0.25) is 0 Å². The molecule has 5 heteroatoms.